The van der Waals surface area contributed by atoms with Gasteiger partial charge in [-0.05, 0) is 6.07 Å². The van der Waals surface area contributed by atoms with Crippen molar-refractivity contribution in [2.45, 2.75) is 6.04 Å². The van der Waals surface area contributed by atoms with E-state index in [9.17, 15) is 0 Å². The molecule has 2 aromatic rings. The van der Waals surface area contributed by atoms with Crippen molar-refractivity contribution < 1.29 is 0 Å². The van der Waals surface area contributed by atoms with E-state index in [4.69, 9.17) is 11.0 Å². The number of para-hydroxylation sites is 1. The van der Waals surface area contributed by atoms with Crippen LogP contribution >= 0.6 is 0 Å². The van der Waals surface area contributed by atoms with E-state index in [1.165, 1.54) is 0 Å². The zero-order valence-corrected chi connectivity index (χ0v) is 7.59. The number of benzene rings is 1. The van der Waals surface area contributed by atoms with Crippen molar-refractivity contribution in [3.63, 3.8) is 0 Å². The fourth-order valence-corrected chi connectivity index (χ4v) is 1.45. The minimum absolute atomic E-state index is 0.280. The lowest BCUT2D eigenvalue weighted by atomic mass is 10.2. The van der Waals surface area contributed by atoms with E-state index in [0.29, 0.717) is 0 Å². The fraction of sp³-hybridized carbons (Fsp3) is 0.200. The quantitative estimate of drug-likeness (QED) is 0.762. The van der Waals surface area contributed by atoms with E-state index < -0.39 is 0 Å². The Hall–Kier alpha value is -1.86. The number of aromatic nitrogens is 2. The van der Waals surface area contributed by atoms with Crippen LogP contribution < -0.4 is 5.73 Å². The predicted octanol–water partition coefficient (Wildman–Crippen LogP) is 1.06. The summed E-state index contributed by atoms with van der Waals surface area (Å²) in [6.07, 6.45) is 1.75. The number of nitrogens with two attached hydrogens (primary N) is 1. The van der Waals surface area contributed by atoms with Crippen molar-refractivity contribution in [3.05, 3.63) is 30.5 Å². The van der Waals surface area contributed by atoms with Gasteiger partial charge in [-0.3, -0.25) is 0 Å². The minimum Gasteiger partial charge on any atom is -0.328 e. The molecular formula is C10H10N4. The molecule has 0 amide bonds. The third-order valence-electron chi connectivity index (χ3n) is 2.17. The Morgan fingerprint density at radius 2 is 2.29 bits per heavy atom. The Morgan fingerprint density at radius 3 is 3.00 bits per heavy atom. The van der Waals surface area contributed by atoms with E-state index >= 15 is 0 Å². The fourth-order valence-electron chi connectivity index (χ4n) is 1.45. The van der Waals surface area contributed by atoms with Crippen molar-refractivity contribution in [2.24, 2.45) is 5.73 Å². The van der Waals surface area contributed by atoms with Crippen LogP contribution in [0.3, 0.4) is 0 Å². The zero-order chi connectivity index (χ0) is 9.97. The molecule has 1 atom stereocenters. The molecule has 1 heterocycles. The average molecular weight is 186 g/mol. The van der Waals surface area contributed by atoms with Crippen LogP contribution in [0.5, 0.6) is 0 Å². The summed E-state index contributed by atoms with van der Waals surface area (Å²) < 4.78 is 1.66. The molecule has 70 valence electrons. The number of rotatable bonds is 2. The van der Waals surface area contributed by atoms with Gasteiger partial charge in [0.05, 0.1) is 17.8 Å². The van der Waals surface area contributed by atoms with Crippen LogP contribution in [0.15, 0.2) is 30.5 Å². The second-order valence-electron chi connectivity index (χ2n) is 3.03. The SMILES string of the molecule is N#CC(CN)n1ncc2ccccc21. The highest BCUT2D eigenvalue weighted by molar-refractivity contribution is 5.78. The second kappa shape index (κ2) is 3.48. The van der Waals surface area contributed by atoms with Gasteiger partial charge in [-0.25, -0.2) is 4.68 Å². The Bertz CT molecular complexity index is 480. The molecule has 0 spiro atoms. The summed E-state index contributed by atoms with van der Waals surface area (Å²) in [4.78, 5) is 0. The topological polar surface area (TPSA) is 67.6 Å². The monoisotopic (exact) mass is 186 g/mol. The second-order valence-corrected chi connectivity index (χ2v) is 3.03. The van der Waals surface area contributed by atoms with Crippen molar-refractivity contribution in [3.8, 4) is 6.07 Å². The first-order valence-corrected chi connectivity index (χ1v) is 4.38. The Morgan fingerprint density at radius 1 is 1.50 bits per heavy atom. The van der Waals surface area contributed by atoms with E-state index in [0.717, 1.165) is 10.9 Å². The summed E-state index contributed by atoms with van der Waals surface area (Å²) in [6, 6.07) is 9.50. The summed E-state index contributed by atoms with van der Waals surface area (Å²) in [5, 5.41) is 14.0. The molecule has 4 nitrogen and oxygen atoms in total. The summed E-state index contributed by atoms with van der Waals surface area (Å²) >= 11 is 0. The molecule has 1 unspecified atom stereocenters. The maximum atomic E-state index is 8.87. The van der Waals surface area contributed by atoms with E-state index in [2.05, 4.69) is 11.2 Å². The molecule has 0 aliphatic carbocycles. The number of fused-ring (bicyclic) bond motifs is 1. The smallest absolute Gasteiger partial charge is 0.151 e. The lowest BCUT2D eigenvalue weighted by molar-refractivity contribution is 0.576. The summed E-state index contributed by atoms with van der Waals surface area (Å²) in [7, 11) is 0. The summed E-state index contributed by atoms with van der Waals surface area (Å²) in [5.41, 5.74) is 6.43. The van der Waals surface area contributed by atoms with Crippen molar-refractivity contribution in [1.82, 2.24) is 9.78 Å². The van der Waals surface area contributed by atoms with Gasteiger partial charge in [-0.2, -0.15) is 10.4 Å². The maximum absolute atomic E-state index is 8.87. The lowest BCUT2D eigenvalue weighted by Crippen LogP contribution is -2.18. The molecule has 4 heteroatoms. The zero-order valence-electron chi connectivity index (χ0n) is 7.59. The minimum atomic E-state index is -0.380. The molecule has 0 aliphatic heterocycles. The molecule has 1 aromatic carbocycles. The van der Waals surface area contributed by atoms with E-state index in [-0.39, 0.29) is 12.6 Å². The first-order valence-electron chi connectivity index (χ1n) is 4.38. The highest BCUT2D eigenvalue weighted by atomic mass is 15.3. The van der Waals surface area contributed by atoms with Gasteiger partial charge in [0.15, 0.2) is 6.04 Å². The normalized spacial score (nSPS) is 12.6. The van der Waals surface area contributed by atoms with Crippen LogP contribution in [-0.4, -0.2) is 16.3 Å². The van der Waals surface area contributed by atoms with Gasteiger partial charge in [-0.15, -0.1) is 0 Å². The highest BCUT2D eigenvalue weighted by Crippen LogP contribution is 2.16. The standard InChI is InChI=1S/C10H10N4/c11-5-9(6-12)14-10-4-2-1-3-8(10)7-13-14/h1-4,7,9H,5,11H2. The van der Waals surface area contributed by atoms with Gasteiger partial charge < -0.3 is 5.73 Å². The molecule has 1 aromatic heterocycles. The number of nitrogens with zero attached hydrogens (tertiary/aromatic N) is 3. The molecule has 0 aliphatic rings. The molecule has 14 heavy (non-hydrogen) atoms. The Labute approximate surface area is 81.5 Å². The van der Waals surface area contributed by atoms with Crippen LogP contribution in [-0.2, 0) is 0 Å². The van der Waals surface area contributed by atoms with Crippen LogP contribution in [0.4, 0.5) is 0 Å². The van der Waals surface area contributed by atoms with Crippen LogP contribution in [0.2, 0.25) is 0 Å². The van der Waals surface area contributed by atoms with Gasteiger partial charge >= 0.3 is 0 Å². The number of hydrogen-bond acceptors (Lipinski definition) is 3. The third-order valence-corrected chi connectivity index (χ3v) is 2.17. The van der Waals surface area contributed by atoms with Gasteiger partial charge in [-0.1, -0.05) is 18.2 Å². The van der Waals surface area contributed by atoms with Crippen molar-refractivity contribution in [1.29, 1.82) is 5.26 Å². The maximum Gasteiger partial charge on any atom is 0.151 e. The first kappa shape index (κ1) is 8.73. The highest BCUT2D eigenvalue weighted by Gasteiger charge is 2.10. The average Bonchev–Trinajstić information content (AvgIpc) is 2.65. The lowest BCUT2D eigenvalue weighted by Gasteiger charge is -2.07. The van der Waals surface area contributed by atoms with Crippen LogP contribution in [0.25, 0.3) is 10.9 Å². The molecule has 2 rings (SSSR count). The molecule has 0 saturated heterocycles. The molecule has 0 bridgehead atoms. The molecular weight excluding hydrogens is 176 g/mol. The van der Waals surface area contributed by atoms with Gasteiger partial charge in [0, 0.05) is 11.9 Å². The Balaban J connectivity index is 2.59. The summed E-state index contributed by atoms with van der Waals surface area (Å²) in [6.45, 7) is 0.280. The molecule has 2 N–H and O–H groups in total. The van der Waals surface area contributed by atoms with Gasteiger partial charge in [0.2, 0.25) is 0 Å². The molecule has 0 radical (unpaired) electrons. The van der Waals surface area contributed by atoms with Crippen LogP contribution in [0, 0.1) is 11.3 Å². The number of hydrogen-bond donors (Lipinski definition) is 1. The van der Waals surface area contributed by atoms with Gasteiger partial charge in [0.1, 0.15) is 0 Å². The molecule has 0 saturated carbocycles. The van der Waals surface area contributed by atoms with Gasteiger partial charge in [0.25, 0.3) is 0 Å². The van der Waals surface area contributed by atoms with Crippen molar-refractivity contribution >= 4 is 10.9 Å². The predicted molar refractivity (Wildman–Crippen MR) is 53.4 cm³/mol. The third kappa shape index (κ3) is 1.24. The molecule has 0 fully saturated rings. The van der Waals surface area contributed by atoms with Crippen LogP contribution in [0.1, 0.15) is 6.04 Å². The van der Waals surface area contributed by atoms with E-state index in [1.54, 1.807) is 10.9 Å². The Kier molecular flexibility index (Phi) is 2.17. The summed E-state index contributed by atoms with van der Waals surface area (Å²) in [5.74, 6) is 0. The first-order chi connectivity index (χ1) is 6.86. The largest absolute Gasteiger partial charge is 0.328 e. The number of nitriles is 1. The van der Waals surface area contributed by atoms with E-state index in [1.807, 2.05) is 24.3 Å². The van der Waals surface area contributed by atoms with Crippen molar-refractivity contribution in [2.75, 3.05) is 6.54 Å².